The summed E-state index contributed by atoms with van der Waals surface area (Å²) in [6, 6.07) is -0.898. The summed E-state index contributed by atoms with van der Waals surface area (Å²) in [4.78, 5) is 20.4. The zero-order valence-electron chi connectivity index (χ0n) is 14.0. The fourth-order valence-electron chi connectivity index (χ4n) is 2.40. The van der Waals surface area contributed by atoms with Gasteiger partial charge in [0.25, 0.3) is 10.0 Å². The Labute approximate surface area is 141 Å². The van der Waals surface area contributed by atoms with Gasteiger partial charge in [0, 0.05) is 11.3 Å². The lowest BCUT2D eigenvalue weighted by Gasteiger charge is -2.12. The number of sulfonamides is 1. The molecular formula is C15H22N4O4S. The molecule has 1 aromatic rings. The third kappa shape index (κ3) is 4.44. The first-order valence-corrected chi connectivity index (χ1v) is 9.24. The molecule has 0 bridgehead atoms. The van der Waals surface area contributed by atoms with E-state index in [1.54, 1.807) is 19.9 Å². The summed E-state index contributed by atoms with van der Waals surface area (Å²) in [5, 5.41) is 2.34. The first-order chi connectivity index (χ1) is 11.3. The number of amides is 2. The van der Waals surface area contributed by atoms with Crippen LogP contribution in [-0.2, 0) is 10.0 Å². The van der Waals surface area contributed by atoms with Crippen LogP contribution in [0.2, 0.25) is 0 Å². The molecule has 0 spiro atoms. The molecular weight excluding hydrogens is 332 g/mol. The summed E-state index contributed by atoms with van der Waals surface area (Å²) >= 11 is 0. The number of nitrogens with one attached hydrogen (secondary N) is 2. The normalized spacial score (nSPS) is 15.2. The molecule has 0 aromatic carbocycles. The number of allylic oxidation sites excluding steroid dienone is 2. The molecule has 132 valence electrons. The summed E-state index contributed by atoms with van der Waals surface area (Å²) in [5.41, 5.74) is 1.38. The van der Waals surface area contributed by atoms with E-state index in [-0.39, 0.29) is 10.9 Å². The van der Waals surface area contributed by atoms with Crippen LogP contribution < -0.4 is 14.8 Å². The van der Waals surface area contributed by atoms with Gasteiger partial charge in [-0.1, -0.05) is 12.5 Å². The summed E-state index contributed by atoms with van der Waals surface area (Å²) in [5.74, 6) is 0.310. The molecule has 2 N–H and O–H groups in total. The number of methoxy groups -OCH3 is 1. The number of carbonyl (C=O) groups is 1. The van der Waals surface area contributed by atoms with Gasteiger partial charge in [-0.3, -0.25) is 5.32 Å². The monoisotopic (exact) mass is 354 g/mol. The highest BCUT2D eigenvalue weighted by Crippen LogP contribution is 2.21. The van der Waals surface area contributed by atoms with E-state index >= 15 is 0 Å². The van der Waals surface area contributed by atoms with E-state index < -0.39 is 16.1 Å². The maximum atomic E-state index is 12.3. The van der Waals surface area contributed by atoms with Crippen LogP contribution >= 0.6 is 0 Å². The second-order valence-electron chi connectivity index (χ2n) is 5.60. The number of aromatic nitrogens is 2. The van der Waals surface area contributed by atoms with Crippen LogP contribution in [0.3, 0.4) is 0 Å². The largest absolute Gasteiger partial charge is 0.481 e. The molecule has 0 unspecified atom stereocenters. The number of aryl methyl sites for hydroxylation is 1. The van der Waals surface area contributed by atoms with Gasteiger partial charge < -0.3 is 4.74 Å². The van der Waals surface area contributed by atoms with Gasteiger partial charge in [0.15, 0.2) is 0 Å². The highest BCUT2D eigenvalue weighted by Gasteiger charge is 2.22. The predicted octanol–water partition coefficient (Wildman–Crippen LogP) is 2.40. The highest BCUT2D eigenvalue weighted by atomic mass is 32.2. The van der Waals surface area contributed by atoms with Gasteiger partial charge >= 0.3 is 6.03 Å². The van der Waals surface area contributed by atoms with Crippen molar-refractivity contribution in [3.63, 3.8) is 0 Å². The Bertz CT molecular complexity index is 759. The molecule has 0 atom stereocenters. The van der Waals surface area contributed by atoms with Crippen LogP contribution in [0, 0.1) is 13.8 Å². The number of hydrogen-bond donors (Lipinski definition) is 2. The molecule has 0 radical (unpaired) electrons. The number of anilines is 1. The average molecular weight is 354 g/mol. The number of hydrogen-bond acceptors (Lipinski definition) is 6. The second kappa shape index (κ2) is 7.61. The molecule has 1 heterocycles. The summed E-state index contributed by atoms with van der Waals surface area (Å²) < 4.78 is 31.7. The quantitative estimate of drug-likeness (QED) is 0.859. The summed E-state index contributed by atoms with van der Waals surface area (Å²) in [6.07, 6.45) is 5.56. The van der Waals surface area contributed by atoms with Gasteiger partial charge in [-0.05, 0) is 39.5 Å². The predicted molar refractivity (Wildman–Crippen MR) is 90.3 cm³/mol. The first kappa shape index (κ1) is 18.2. The second-order valence-corrected chi connectivity index (χ2v) is 7.33. The zero-order chi connectivity index (χ0) is 17.7. The Hall–Kier alpha value is -2.16. The van der Waals surface area contributed by atoms with Crippen LogP contribution in [0.1, 0.15) is 43.4 Å². The smallest absolute Gasteiger partial charge is 0.335 e. The van der Waals surface area contributed by atoms with Crippen molar-refractivity contribution in [2.45, 2.75) is 46.0 Å². The van der Waals surface area contributed by atoms with Gasteiger partial charge in [0.05, 0.1) is 12.0 Å². The Morgan fingerprint density at radius 1 is 1.21 bits per heavy atom. The molecule has 1 aliphatic rings. The lowest BCUT2D eigenvalue weighted by Crippen LogP contribution is -2.35. The van der Waals surface area contributed by atoms with E-state index in [1.807, 2.05) is 4.72 Å². The van der Waals surface area contributed by atoms with Crippen molar-refractivity contribution >= 4 is 22.0 Å². The number of urea groups is 1. The van der Waals surface area contributed by atoms with Crippen molar-refractivity contribution in [1.29, 1.82) is 0 Å². The van der Waals surface area contributed by atoms with Crippen molar-refractivity contribution in [1.82, 2.24) is 14.7 Å². The van der Waals surface area contributed by atoms with Crippen LogP contribution in [0.25, 0.3) is 0 Å². The van der Waals surface area contributed by atoms with Crippen molar-refractivity contribution in [2.75, 3.05) is 12.4 Å². The van der Waals surface area contributed by atoms with E-state index in [1.165, 1.54) is 7.11 Å². The zero-order valence-corrected chi connectivity index (χ0v) is 14.9. The Morgan fingerprint density at radius 3 is 2.67 bits per heavy atom. The van der Waals surface area contributed by atoms with Gasteiger partial charge in [0.2, 0.25) is 11.8 Å². The molecule has 0 saturated carbocycles. The van der Waals surface area contributed by atoms with E-state index in [9.17, 15) is 13.2 Å². The Kier molecular flexibility index (Phi) is 5.76. The van der Waals surface area contributed by atoms with Crippen molar-refractivity contribution in [3.05, 3.63) is 22.2 Å². The Morgan fingerprint density at radius 2 is 1.96 bits per heavy atom. The number of carbonyl (C=O) groups excluding carboxylic acids is 1. The van der Waals surface area contributed by atoms with Gasteiger partial charge in [-0.25, -0.2) is 22.9 Å². The fraction of sp³-hybridized carbons (Fsp3) is 0.533. The Balaban J connectivity index is 2.10. The molecule has 9 heteroatoms. The van der Waals surface area contributed by atoms with Crippen LogP contribution in [-0.4, -0.2) is 31.5 Å². The minimum Gasteiger partial charge on any atom is -0.481 e. The molecule has 0 fully saturated rings. The molecule has 8 nitrogen and oxygen atoms in total. The lowest BCUT2D eigenvalue weighted by molar-refractivity contribution is 0.256. The van der Waals surface area contributed by atoms with Crippen LogP contribution in [0.4, 0.5) is 10.7 Å². The van der Waals surface area contributed by atoms with Crippen LogP contribution in [0.5, 0.6) is 5.88 Å². The standard InChI is InChI=1S/C15H22N4O4S/c1-10-11(2)16-14(17-13(10)23-3)18-15(20)19-24(21,22)12-8-6-4-5-7-9-12/h8H,4-7,9H2,1-3H3,(H2,16,17,18,19,20). The third-order valence-electron chi connectivity index (χ3n) is 3.83. The fourth-order valence-corrected chi connectivity index (χ4v) is 3.58. The molecule has 1 aliphatic carbocycles. The molecule has 24 heavy (non-hydrogen) atoms. The van der Waals surface area contributed by atoms with Crippen LogP contribution in [0.15, 0.2) is 11.0 Å². The molecule has 0 saturated heterocycles. The van der Waals surface area contributed by atoms with Crippen molar-refractivity contribution in [3.8, 4) is 5.88 Å². The van der Waals surface area contributed by atoms with Crippen molar-refractivity contribution < 1.29 is 17.9 Å². The summed E-state index contributed by atoms with van der Waals surface area (Å²) in [7, 11) is -2.39. The van der Waals surface area contributed by atoms with E-state index in [2.05, 4.69) is 15.3 Å². The van der Waals surface area contributed by atoms with Gasteiger partial charge in [-0.15, -0.1) is 0 Å². The summed E-state index contributed by atoms with van der Waals surface area (Å²) in [6.45, 7) is 3.54. The topological polar surface area (TPSA) is 110 Å². The SMILES string of the molecule is COc1nc(NC(=O)NS(=O)(=O)C2=CCCCCC2)nc(C)c1C. The minimum absolute atomic E-state index is 0.0162. The van der Waals surface area contributed by atoms with Crippen molar-refractivity contribution in [2.24, 2.45) is 0 Å². The molecule has 2 rings (SSSR count). The molecule has 0 aliphatic heterocycles. The minimum atomic E-state index is -3.85. The first-order valence-electron chi connectivity index (χ1n) is 7.75. The molecule has 1 aromatic heterocycles. The maximum Gasteiger partial charge on any atom is 0.335 e. The van der Waals surface area contributed by atoms with Gasteiger partial charge in [0.1, 0.15) is 0 Å². The maximum absolute atomic E-state index is 12.3. The van der Waals surface area contributed by atoms with Gasteiger partial charge in [-0.2, -0.15) is 4.98 Å². The highest BCUT2D eigenvalue weighted by molar-refractivity contribution is 7.93. The van der Waals surface area contributed by atoms with E-state index in [4.69, 9.17) is 4.74 Å². The lowest BCUT2D eigenvalue weighted by atomic mass is 10.2. The average Bonchev–Trinajstić information content (AvgIpc) is 2.79. The molecule has 2 amide bonds. The van der Waals surface area contributed by atoms with E-state index in [0.29, 0.717) is 24.4 Å². The van der Waals surface area contributed by atoms with E-state index in [0.717, 1.165) is 24.8 Å². The number of nitrogens with zero attached hydrogens (tertiary/aromatic N) is 2. The number of ether oxygens (including phenoxy) is 1. The number of rotatable bonds is 4. The third-order valence-corrected chi connectivity index (χ3v) is 5.35.